The van der Waals surface area contributed by atoms with E-state index < -0.39 is 11.0 Å². The summed E-state index contributed by atoms with van der Waals surface area (Å²) in [6.07, 6.45) is 9.26. The molecule has 170 valence electrons. The Morgan fingerprint density at radius 1 is 1.24 bits per heavy atom. The summed E-state index contributed by atoms with van der Waals surface area (Å²) >= 11 is 0. The number of nitrogens with one attached hydrogen (secondary N) is 1. The predicted molar refractivity (Wildman–Crippen MR) is 122 cm³/mol. The Kier molecular flexibility index (Phi) is 5.99. The molecule has 2 atom stereocenters. The minimum Gasteiger partial charge on any atom is -0.346 e. The number of piperazine rings is 1. The maximum atomic E-state index is 12.7. The van der Waals surface area contributed by atoms with Crippen molar-refractivity contribution in [2.24, 2.45) is 7.05 Å². The van der Waals surface area contributed by atoms with Crippen LogP contribution in [0.25, 0.3) is 22.3 Å². The number of aryl methyl sites for hydroxylation is 1. The molecule has 0 aliphatic carbocycles. The molecular formula is C21H24N10OS. The summed E-state index contributed by atoms with van der Waals surface area (Å²) in [5.41, 5.74) is 2.48. The molecule has 11 nitrogen and oxygen atoms in total. The second kappa shape index (κ2) is 9.22. The standard InChI is InChI=1S/C21H24N10OS/c1-28-7-4-19(27-28)33(32)30-10-8-29(9-11-30)14-17(2-5-22)31-13-16(12-26-31)20-18-3-6-23-21(18)25-15-24-20/h3-4,6-7,12-13,15,17H,2,8-11,14H2,1H3,(H,23,24,25). The summed E-state index contributed by atoms with van der Waals surface area (Å²) in [6, 6.07) is 5.95. The Morgan fingerprint density at radius 3 is 2.85 bits per heavy atom. The number of hydrogen-bond donors (Lipinski definition) is 1. The van der Waals surface area contributed by atoms with Crippen molar-refractivity contribution in [3.8, 4) is 17.3 Å². The molecular weight excluding hydrogens is 440 g/mol. The van der Waals surface area contributed by atoms with Crippen LogP contribution in [0.4, 0.5) is 0 Å². The van der Waals surface area contributed by atoms with Crippen molar-refractivity contribution in [2.75, 3.05) is 32.7 Å². The van der Waals surface area contributed by atoms with Gasteiger partial charge in [-0.25, -0.2) is 18.5 Å². The number of nitriles is 1. The van der Waals surface area contributed by atoms with E-state index in [-0.39, 0.29) is 6.04 Å². The van der Waals surface area contributed by atoms with E-state index in [0.717, 1.165) is 35.4 Å². The van der Waals surface area contributed by atoms with E-state index in [2.05, 4.69) is 36.1 Å². The Hall–Kier alpha value is -3.40. The van der Waals surface area contributed by atoms with Crippen molar-refractivity contribution in [1.82, 2.24) is 43.7 Å². The van der Waals surface area contributed by atoms with Gasteiger partial charge in [0.05, 0.1) is 30.4 Å². The molecule has 0 amide bonds. The van der Waals surface area contributed by atoms with Crippen LogP contribution in [-0.4, -0.2) is 80.7 Å². The van der Waals surface area contributed by atoms with Gasteiger partial charge in [-0.15, -0.1) is 0 Å². The largest absolute Gasteiger partial charge is 0.346 e. The molecule has 2 unspecified atom stereocenters. The van der Waals surface area contributed by atoms with Crippen LogP contribution in [0.2, 0.25) is 0 Å². The molecule has 5 heterocycles. The molecule has 1 saturated heterocycles. The van der Waals surface area contributed by atoms with Gasteiger partial charge in [0.1, 0.15) is 23.0 Å². The summed E-state index contributed by atoms with van der Waals surface area (Å²) in [6.45, 7) is 3.59. The van der Waals surface area contributed by atoms with Gasteiger partial charge in [-0.05, 0) is 12.1 Å². The van der Waals surface area contributed by atoms with Crippen LogP contribution in [-0.2, 0) is 18.0 Å². The molecule has 1 N–H and O–H groups in total. The van der Waals surface area contributed by atoms with Crippen LogP contribution < -0.4 is 0 Å². The summed E-state index contributed by atoms with van der Waals surface area (Å²) in [5.74, 6) is 0. The third kappa shape index (κ3) is 4.43. The average Bonchev–Trinajstić information content (AvgIpc) is 3.59. The molecule has 0 bridgehead atoms. The first-order chi connectivity index (χ1) is 16.1. The van der Waals surface area contributed by atoms with Crippen LogP contribution in [0.3, 0.4) is 0 Å². The Labute approximate surface area is 193 Å². The van der Waals surface area contributed by atoms with Crippen LogP contribution in [0.5, 0.6) is 0 Å². The lowest BCUT2D eigenvalue weighted by Crippen LogP contribution is -2.48. The molecule has 4 aromatic heterocycles. The highest BCUT2D eigenvalue weighted by Gasteiger charge is 2.26. The van der Waals surface area contributed by atoms with Gasteiger partial charge in [0.25, 0.3) is 0 Å². The van der Waals surface area contributed by atoms with E-state index in [0.29, 0.717) is 31.1 Å². The summed E-state index contributed by atoms with van der Waals surface area (Å²) in [4.78, 5) is 14.1. The minimum atomic E-state index is -1.25. The minimum absolute atomic E-state index is 0.0832. The monoisotopic (exact) mass is 464 g/mol. The lowest BCUT2D eigenvalue weighted by atomic mass is 10.1. The first-order valence-corrected chi connectivity index (χ1v) is 11.8. The maximum absolute atomic E-state index is 12.7. The molecule has 4 aromatic rings. The van der Waals surface area contributed by atoms with Gasteiger partial charge in [0.15, 0.2) is 5.03 Å². The fourth-order valence-corrected chi connectivity index (χ4v) is 5.24. The van der Waals surface area contributed by atoms with Gasteiger partial charge < -0.3 is 4.98 Å². The van der Waals surface area contributed by atoms with Gasteiger partial charge in [0, 0.05) is 69.3 Å². The number of H-pyrrole nitrogens is 1. The van der Waals surface area contributed by atoms with E-state index >= 15 is 0 Å². The van der Waals surface area contributed by atoms with Gasteiger partial charge in [-0.1, -0.05) is 0 Å². The summed E-state index contributed by atoms with van der Waals surface area (Å²) < 4.78 is 18.2. The van der Waals surface area contributed by atoms with Gasteiger partial charge in [0.2, 0.25) is 0 Å². The van der Waals surface area contributed by atoms with E-state index in [1.165, 1.54) is 6.33 Å². The number of nitrogens with zero attached hydrogens (tertiary/aromatic N) is 9. The van der Waals surface area contributed by atoms with Gasteiger partial charge in [-0.2, -0.15) is 15.5 Å². The Balaban J connectivity index is 1.26. The number of aromatic amines is 1. The van der Waals surface area contributed by atoms with Crippen molar-refractivity contribution < 1.29 is 4.21 Å². The zero-order valence-corrected chi connectivity index (χ0v) is 19.0. The molecule has 0 saturated carbocycles. The van der Waals surface area contributed by atoms with Crippen LogP contribution in [0.1, 0.15) is 12.5 Å². The number of aromatic nitrogens is 7. The predicted octanol–water partition coefficient (Wildman–Crippen LogP) is 1.35. The SMILES string of the molecule is Cn1ccc(S(=O)N2CCN(CC(CC#N)n3cc(-c4ncnc5[nH]ccc45)cn3)CC2)n1. The highest BCUT2D eigenvalue weighted by atomic mass is 32.2. The normalized spacial score (nSPS) is 17.2. The van der Waals surface area contributed by atoms with E-state index in [9.17, 15) is 9.47 Å². The lowest BCUT2D eigenvalue weighted by molar-refractivity contribution is 0.166. The smallest absolute Gasteiger partial charge is 0.164 e. The molecule has 1 fully saturated rings. The van der Waals surface area contributed by atoms with Gasteiger partial charge >= 0.3 is 0 Å². The van der Waals surface area contributed by atoms with Crippen LogP contribution in [0, 0.1) is 11.3 Å². The summed E-state index contributed by atoms with van der Waals surface area (Å²) in [5, 5.41) is 19.7. The van der Waals surface area contributed by atoms with Crippen LogP contribution in [0.15, 0.2) is 48.3 Å². The lowest BCUT2D eigenvalue weighted by Gasteiger charge is -2.34. The molecule has 33 heavy (non-hydrogen) atoms. The maximum Gasteiger partial charge on any atom is 0.164 e. The molecule has 1 aliphatic rings. The molecule has 0 spiro atoms. The number of rotatable bonds is 7. The third-order valence-electron chi connectivity index (χ3n) is 5.83. The molecule has 1 aliphatic heterocycles. The van der Waals surface area contributed by atoms with Gasteiger partial charge in [-0.3, -0.25) is 14.3 Å². The van der Waals surface area contributed by atoms with Crippen molar-refractivity contribution in [3.05, 3.63) is 43.2 Å². The zero-order chi connectivity index (χ0) is 22.8. The first kappa shape index (κ1) is 21.4. The van der Waals surface area contributed by atoms with Crippen molar-refractivity contribution in [2.45, 2.75) is 17.5 Å². The topological polar surface area (TPSA) is 125 Å². The van der Waals surface area contributed by atoms with E-state index in [1.54, 1.807) is 23.1 Å². The second-order valence-corrected chi connectivity index (χ2v) is 9.43. The zero-order valence-electron chi connectivity index (χ0n) is 18.2. The molecule has 0 radical (unpaired) electrons. The fourth-order valence-electron chi connectivity index (χ4n) is 4.10. The quantitative estimate of drug-likeness (QED) is 0.438. The third-order valence-corrected chi connectivity index (χ3v) is 7.24. The molecule has 0 aromatic carbocycles. The molecule has 5 rings (SSSR count). The second-order valence-electron chi connectivity index (χ2n) is 7.99. The highest BCUT2D eigenvalue weighted by molar-refractivity contribution is 7.82. The van der Waals surface area contributed by atoms with Crippen molar-refractivity contribution in [3.63, 3.8) is 0 Å². The fraction of sp³-hybridized carbons (Fsp3) is 0.381. The Morgan fingerprint density at radius 2 is 2.09 bits per heavy atom. The van der Waals surface area contributed by atoms with E-state index in [1.807, 2.05) is 34.5 Å². The van der Waals surface area contributed by atoms with Crippen LogP contribution >= 0.6 is 0 Å². The number of fused-ring (bicyclic) bond motifs is 1. The highest BCUT2D eigenvalue weighted by Crippen LogP contribution is 2.26. The average molecular weight is 465 g/mol. The van der Waals surface area contributed by atoms with E-state index in [4.69, 9.17) is 0 Å². The summed E-state index contributed by atoms with van der Waals surface area (Å²) in [7, 11) is 0.568. The first-order valence-electron chi connectivity index (χ1n) is 10.7. The van der Waals surface area contributed by atoms with Crippen molar-refractivity contribution in [1.29, 1.82) is 5.26 Å². The molecule has 12 heteroatoms. The van der Waals surface area contributed by atoms with Crippen molar-refractivity contribution >= 4 is 22.0 Å². The Bertz CT molecular complexity index is 1310. The number of hydrogen-bond acceptors (Lipinski definition) is 7.